The number of nitrogens with zero attached hydrogens (tertiary/aromatic N) is 4. The summed E-state index contributed by atoms with van der Waals surface area (Å²) in [7, 11) is 0. The molecule has 1 aromatic heterocycles. The third-order valence-corrected chi connectivity index (χ3v) is 10.6. The lowest BCUT2D eigenvalue weighted by molar-refractivity contribution is 1.23. The smallest absolute Gasteiger partial charge is 0.161 e. The molecule has 11 rings (SSSR count). The standard InChI is InChI=1S/C50H30N4/c1-3-15-31(16-4-1)33-19-7-8-20-34(33)35-21-9-10-23-37(35)45-40(50-53-42-26-14-12-24-39(42)48(54-50)32-17-5-2-6-18-32)28-30-43-46(45)47-44(51-43)29-27-38-36-22-11-13-25-41(36)52-49(38)47/h1-30H. The zero-order valence-electron chi connectivity index (χ0n) is 29.1. The fourth-order valence-electron chi connectivity index (χ4n) is 8.24. The molecule has 250 valence electrons. The summed E-state index contributed by atoms with van der Waals surface area (Å²) in [5.41, 5.74) is 14.5. The summed E-state index contributed by atoms with van der Waals surface area (Å²) in [6.07, 6.45) is 0. The maximum atomic E-state index is 5.42. The molecule has 2 aliphatic rings. The molecule has 0 spiro atoms. The average Bonchev–Trinajstić information content (AvgIpc) is 3.82. The van der Waals surface area contributed by atoms with Crippen LogP contribution in [0.1, 0.15) is 0 Å². The molecule has 0 radical (unpaired) electrons. The number of hydrogen-bond donors (Lipinski definition) is 0. The van der Waals surface area contributed by atoms with Gasteiger partial charge in [0.1, 0.15) is 0 Å². The van der Waals surface area contributed by atoms with E-state index in [1.807, 2.05) is 12.1 Å². The number of para-hydroxylation sites is 2. The summed E-state index contributed by atoms with van der Waals surface area (Å²) in [4.78, 5) is 21.2. The third kappa shape index (κ3) is 4.70. The van der Waals surface area contributed by atoms with Gasteiger partial charge in [-0.25, -0.2) is 20.0 Å². The second-order valence-electron chi connectivity index (χ2n) is 13.7. The number of aromatic nitrogens is 2. The predicted octanol–water partition coefficient (Wildman–Crippen LogP) is 11.4. The van der Waals surface area contributed by atoms with Gasteiger partial charge in [0.2, 0.25) is 0 Å². The Hall–Kier alpha value is -7.30. The van der Waals surface area contributed by atoms with Crippen LogP contribution < -0.4 is 10.7 Å². The van der Waals surface area contributed by atoms with Crippen molar-refractivity contribution in [3.63, 3.8) is 0 Å². The Morgan fingerprint density at radius 1 is 0.333 bits per heavy atom. The Kier molecular flexibility index (Phi) is 6.82. The van der Waals surface area contributed by atoms with Crippen LogP contribution in [0.15, 0.2) is 192 Å². The third-order valence-electron chi connectivity index (χ3n) is 10.6. The maximum absolute atomic E-state index is 5.42. The van der Waals surface area contributed by atoms with Crippen molar-refractivity contribution in [2.75, 3.05) is 0 Å². The van der Waals surface area contributed by atoms with Crippen LogP contribution in [-0.4, -0.2) is 9.97 Å². The summed E-state index contributed by atoms with van der Waals surface area (Å²) in [5.74, 6) is 0.665. The van der Waals surface area contributed by atoms with E-state index in [0.717, 1.165) is 93.6 Å². The minimum atomic E-state index is 0.665. The van der Waals surface area contributed by atoms with Crippen molar-refractivity contribution in [1.82, 2.24) is 9.97 Å². The van der Waals surface area contributed by atoms with Crippen LogP contribution in [0.25, 0.3) is 78.1 Å². The van der Waals surface area contributed by atoms with Crippen LogP contribution in [-0.2, 0) is 0 Å². The van der Waals surface area contributed by atoms with E-state index in [-0.39, 0.29) is 0 Å². The van der Waals surface area contributed by atoms with E-state index < -0.39 is 0 Å². The van der Waals surface area contributed by atoms with E-state index in [1.165, 1.54) is 11.1 Å². The largest absolute Gasteiger partial charge is 0.248 e. The molecule has 0 amide bonds. The molecule has 0 N–H and O–H groups in total. The molecule has 0 atom stereocenters. The SMILES string of the molecule is c1ccc(-c2ccccc2-c2ccccc2-c2c(-c3nc(-c4ccccc4)c4ccccc4n3)ccc3c2-c2c4c(ccc2=N3)=c2ccccc2=N4)cc1. The molecule has 54 heavy (non-hydrogen) atoms. The van der Waals surface area contributed by atoms with Gasteiger partial charge in [0.15, 0.2) is 5.82 Å². The summed E-state index contributed by atoms with van der Waals surface area (Å²) < 4.78 is 0. The van der Waals surface area contributed by atoms with Crippen molar-refractivity contribution in [2.45, 2.75) is 0 Å². The van der Waals surface area contributed by atoms with Crippen molar-refractivity contribution < 1.29 is 0 Å². The lowest BCUT2D eigenvalue weighted by Crippen LogP contribution is -2.02. The molecule has 2 aliphatic heterocycles. The van der Waals surface area contributed by atoms with Gasteiger partial charge in [-0.2, -0.15) is 0 Å². The molecule has 0 aliphatic carbocycles. The van der Waals surface area contributed by atoms with Gasteiger partial charge in [0.25, 0.3) is 0 Å². The molecular weight excluding hydrogens is 657 g/mol. The quantitative estimate of drug-likeness (QED) is 0.181. The first-order chi connectivity index (χ1) is 26.8. The molecule has 0 saturated carbocycles. The highest BCUT2D eigenvalue weighted by molar-refractivity contribution is 6.07. The Labute approximate surface area is 311 Å². The summed E-state index contributed by atoms with van der Waals surface area (Å²) >= 11 is 0. The number of hydrogen-bond acceptors (Lipinski definition) is 4. The summed E-state index contributed by atoms with van der Waals surface area (Å²) in [6.45, 7) is 0. The second kappa shape index (κ2) is 12.1. The van der Waals surface area contributed by atoms with Gasteiger partial charge in [0.05, 0.1) is 33.3 Å². The normalized spacial score (nSPS) is 12.0. The first-order valence-electron chi connectivity index (χ1n) is 18.2. The van der Waals surface area contributed by atoms with Crippen molar-refractivity contribution in [2.24, 2.45) is 9.98 Å². The van der Waals surface area contributed by atoms with E-state index >= 15 is 0 Å². The first-order valence-corrected chi connectivity index (χ1v) is 18.2. The molecular formula is C50H30N4. The molecule has 0 bridgehead atoms. The summed E-state index contributed by atoms with van der Waals surface area (Å²) in [6, 6.07) is 63.7. The molecule has 8 aromatic carbocycles. The average molecular weight is 687 g/mol. The van der Waals surface area contributed by atoms with E-state index in [2.05, 4.69) is 170 Å². The van der Waals surface area contributed by atoms with Crippen LogP contribution in [0.3, 0.4) is 0 Å². The van der Waals surface area contributed by atoms with Crippen molar-refractivity contribution in [3.05, 3.63) is 203 Å². The molecule has 4 nitrogen and oxygen atoms in total. The van der Waals surface area contributed by atoms with Crippen molar-refractivity contribution >= 4 is 22.3 Å². The zero-order chi connectivity index (χ0) is 35.6. The molecule has 3 heterocycles. The van der Waals surface area contributed by atoms with Gasteiger partial charge in [-0.15, -0.1) is 0 Å². The minimum Gasteiger partial charge on any atom is -0.248 e. The van der Waals surface area contributed by atoms with Crippen molar-refractivity contribution in [1.29, 1.82) is 0 Å². The van der Waals surface area contributed by atoms with E-state index in [9.17, 15) is 0 Å². The highest BCUT2D eigenvalue weighted by Crippen LogP contribution is 2.51. The minimum absolute atomic E-state index is 0.665. The van der Waals surface area contributed by atoms with Crippen LogP contribution in [0.2, 0.25) is 0 Å². The van der Waals surface area contributed by atoms with E-state index in [0.29, 0.717) is 5.82 Å². The first kappa shape index (κ1) is 30.3. The van der Waals surface area contributed by atoms with Crippen LogP contribution in [0.5, 0.6) is 0 Å². The number of rotatable bonds is 5. The fourth-order valence-corrected chi connectivity index (χ4v) is 8.24. The van der Waals surface area contributed by atoms with Gasteiger partial charge < -0.3 is 0 Å². The lowest BCUT2D eigenvalue weighted by Gasteiger charge is -2.20. The Balaban J connectivity index is 1.26. The predicted molar refractivity (Wildman–Crippen MR) is 218 cm³/mol. The van der Waals surface area contributed by atoms with Crippen molar-refractivity contribution in [3.8, 4) is 67.2 Å². The monoisotopic (exact) mass is 686 g/mol. The maximum Gasteiger partial charge on any atom is 0.161 e. The number of benzene rings is 8. The van der Waals surface area contributed by atoms with Crippen LogP contribution in [0, 0.1) is 10.4 Å². The molecule has 0 unspecified atom stereocenters. The highest BCUT2D eigenvalue weighted by Gasteiger charge is 2.29. The van der Waals surface area contributed by atoms with Gasteiger partial charge in [0, 0.05) is 43.6 Å². The van der Waals surface area contributed by atoms with Crippen LogP contribution in [0.4, 0.5) is 11.4 Å². The Morgan fingerprint density at radius 2 is 0.981 bits per heavy atom. The fraction of sp³-hybridized carbons (Fsp3) is 0. The van der Waals surface area contributed by atoms with Crippen LogP contribution >= 0.6 is 0 Å². The zero-order valence-corrected chi connectivity index (χ0v) is 29.1. The van der Waals surface area contributed by atoms with Gasteiger partial charge in [-0.3, -0.25) is 0 Å². The topological polar surface area (TPSA) is 50.5 Å². The Bertz CT molecular complexity index is 3210. The highest BCUT2D eigenvalue weighted by atomic mass is 14.9. The second-order valence-corrected chi connectivity index (χ2v) is 13.7. The van der Waals surface area contributed by atoms with Gasteiger partial charge >= 0.3 is 0 Å². The van der Waals surface area contributed by atoms with Gasteiger partial charge in [-0.05, 0) is 64.2 Å². The van der Waals surface area contributed by atoms with E-state index in [4.69, 9.17) is 20.0 Å². The Morgan fingerprint density at radius 3 is 1.80 bits per heavy atom. The van der Waals surface area contributed by atoms with E-state index in [1.54, 1.807) is 0 Å². The molecule has 4 heteroatoms. The number of fused-ring (bicyclic) bond motifs is 7. The lowest BCUT2D eigenvalue weighted by atomic mass is 9.83. The van der Waals surface area contributed by atoms with Gasteiger partial charge in [-0.1, -0.05) is 146 Å². The molecule has 0 fully saturated rings. The summed E-state index contributed by atoms with van der Waals surface area (Å²) in [5, 5.41) is 5.19. The molecule has 0 saturated heterocycles. The molecule has 9 aromatic rings.